The van der Waals surface area contributed by atoms with Crippen molar-refractivity contribution in [1.29, 1.82) is 0 Å². The second-order valence-corrected chi connectivity index (χ2v) is 9.37. The number of para-hydroxylation sites is 2. The first kappa shape index (κ1) is 25.2. The highest BCUT2D eigenvalue weighted by molar-refractivity contribution is 6.07. The zero-order valence-electron chi connectivity index (χ0n) is 20.9. The standard InChI is InChI=1S/C29H29N5O4/c35-26(15-8-18-33-16-5-6-17-33)30-20-9-7-10-21(19-20)31-27(36)23-12-2-4-14-25(23)34-28(37)22-11-1-3-13-24(22)32-29(34)38/h1-4,7,9-14,19H,5-6,8,15-18H2,(H,30,35)(H,31,36)(H,32,38). The molecule has 0 bridgehead atoms. The number of nitrogens with one attached hydrogen (secondary N) is 3. The number of carbonyl (C=O) groups excluding carboxylic acids is 2. The van der Waals surface area contributed by atoms with E-state index in [0.29, 0.717) is 28.7 Å². The van der Waals surface area contributed by atoms with Crippen LogP contribution in [0, 0.1) is 0 Å². The van der Waals surface area contributed by atoms with Crippen molar-refractivity contribution in [2.75, 3.05) is 30.3 Å². The Morgan fingerprint density at radius 3 is 2.37 bits per heavy atom. The van der Waals surface area contributed by atoms with Crippen molar-refractivity contribution in [1.82, 2.24) is 14.5 Å². The lowest BCUT2D eigenvalue weighted by Crippen LogP contribution is -2.35. The van der Waals surface area contributed by atoms with E-state index in [1.54, 1.807) is 72.8 Å². The number of benzene rings is 3. The van der Waals surface area contributed by atoms with Gasteiger partial charge in [-0.05, 0) is 81.4 Å². The fourth-order valence-corrected chi connectivity index (χ4v) is 4.81. The van der Waals surface area contributed by atoms with E-state index >= 15 is 0 Å². The summed E-state index contributed by atoms with van der Waals surface area (Å²) in [5.74, 6) is -0.568. The first-order valence-corrected chi connectivity index (χ1v) is 12.8. The Labute approximate surface area is 219 Å². The number of likely N-dealkylation sites (tertiary alicyclic amines) is 1. The Bertz CT molecular complexity index is 1600. The van der Waals surface area contributed by atoms with Gasteiger partial charge >= 0.3 is 5.69 Å². The SMILES string of the molecule is O=C(CCCN1CCCC1)Nc1cccc(NC(=O)c2ccccc2-n2c(=O)[nH]c3ccccc3c2=O)c1. The Hall–Kier alpha value is -4.50. The van der Waals surface area contributed by atoms with Crippen molar-refractivity contribution in [3.63, 3.8) is 0 Å². The van der Waals surface area contributed by atoms with E-state index in [-0.39, 0.29) is 17.2 Å². The molecule has 1 aliphatic heterocycles. The minimum Gasteiger partial charge on any atom is -0.326 e. The molecule has 38 heavy (non-hydrogen) atoms. The minimum atomic E-state index is -0.636. The van der Waals surface area contributed by atoms with E-state index in [0.717, 1.165) is 30.6 Å². The summed E-state index contributed by atoms with van der Waals surface area (Å²) in [6.45, 7) is 3.14. The predicted octanol–water partition coefficient (Wildman–Crippen LogP) is 3.75. The van der Waals surface area contributed by atoms with E-state index in [1.807, 2.05) is 0 Å². The zero-order valence-corrected chi connectivity index (χ0v) is 20.9. The summed E-state index contributed by atoms with van der Waals surface area (Å²) in [7, 11) is 0. The fourth-order valence-electron chi connectivity index (χ4n) is 4.81. The molecule has 0 radical (unpaired) electrons. The molecule has 0 unspecified atom stereocenters. The normalized spacial score (nSPS) is 13.5. The highest BCUT2D eigenvalue weighted by Crippen LogP contribution is 2.19. The molecule has 0 saturated carbocycles. The number of amides is 2. The third-order valence-corrected chi connectivity index (χ3v) is 6.68. The summed E-state index contributed by atoms with van der Waals surface area (Å²) >= 11 is 0. The van der Waals surface area contributed by atoms with Crippen LogP contribution in [0.3, 0.4) is 0 Å². The highest BCUT2D eigenvalue weighted by atomic mass is 16.2. The zero-order chi connectivity index (χ0) is 26.5. The van der Waals surface area contributed by atoms with Crippen LogP contribution in [0.4, 0.5) is 11.4 Å². The minimum absolute atomic E-state index is 0.0760. The molecule has 0 spiro atoms. The molecular weight excluding hydrogens is 482 g/mol. The molecule has 9 heteroatoms. The summed E-state index contributed by atoms with van der Waals surface area (Å²) < 4.78 is 0.968. The lowest BCUT2D eigenvalue weighted by Gasteiger charge is -2.14. The van der Waals surface area contributed by atoms with Gasteiger partial charge in [0.2, 0.25) is 5.91 Å². The predicted molar refractivity (Wildman–Crippen MR) is 148 cm³/mol. The van der Waals surface area contributed by atoms with Crippen LogP contribution >= 0.6 is 0 Å². The summed E-state index contributed by atoms with van der Waals surface area (Å²) in [5, 5.41) is 6.04. The van der Waals surface area contributed by atoms with Crippen molar-refractivity contribution in [3.8, 4) is 5.69 Å². The fraction of sp³-hybridized carbons (Fsp3) is 0.241. The van der Waals surface area contributed by atoms with Gasteiger partial charge in [-0.2, -0.15) is 0 Å². The Balaban J connectivity index is 1.31. The van der Waals surface area contributed by atoms with E-state index in [9.17, 15) is 19.2 Å². The molecule has 2 heterocycles. The van der Waals surface area contributed by atoms with Gasteiger partial charge in [0.15, 0.2) is 0 Å². The summed E-state index contributed by atoms with van der Waals surface area (Å²) in [6, 6.07) is 20.0. The number of hydrogen-bond acceptors (Lipinski definition) is 5. The van der Waals surface area contributed by atoms with Crippen LogP contribution in [-0.2, 0) is 4.79 Å². The average Bonchev–Trinajstić information content (AvgIpc) is 3.43. The van der Waals surface area contributed by atoms with Crippen molar-refractivity contribution in [2.24, 2.45) is 0 Å². The van der Waals surface area contributed by atoms with Crippen LogP contribution in [0.15, 0.2) is 82.4 Å². The molecule has 5 rings (SSSR count). The maximum absolute atomic E-state index is 13.3. The first-order chi connectivity index (χ1) is 18.5. The number of aromatic nitrogens is 2. The molecule has 3 N–H and O–H groups in total. The van der Waals surface area contributed by atoms with Gasteiger partial charge in [0.1, 0.15) is 0 Å². The van der Waals surface area contributed by atoms with Crippen LogP contribution < -0.4 is 21.9 Å². The van der Waals surface area contributed by atoms with Gasteiger partial charge in [0.05, 0.1) is 22.2 Å². The molecule has 1 aliphatic rings. The number of hydrogen-bond donors (Lipinski definition) is 3. The molecule has 194 valence electrons. The topological polar surface area (TPSA) is 116 Å². The maximum Gasteiger partial charge on any atom is 0.333 e. The van der Waals surface area contributed by atoms with Gasteiger partial charge in [-0.1, -0.05) is 30.3 Å². The lowest BCUT2D eigenvalue weighted by molar-refractivity contribution is -0.116. The van der Waals surface area contributed by atoms with Crippen LogP contribution in [0.25, 0.3) is 16.6 Å². The monoisotopic (exact) mass is 511 g/mol. The molecule has 2 amide bonds. The second kappa shape index (κ2) is 11.3. The third kappa shape index (κ3) is 5.57. The number of rotatable bonds is 8. The van der Waals surface area contributed by atoms with E-state index in [4.69, 9.17) is 0 Å². The van der Waals surface area contributed by atoms with Crippen molar-refractivity contribution in [2.45, 2.75) is 25.7 Å². The number of carbonyl (C=O) groups is 2. The number of nitrogens with zero attached hydrogens (tertiary/aromatic N) is 2. The molecular formula is C29H29N5O4. The second-order valence-electron chi connectivity index (χ2n) is 9.37. The van der Waals surface area contributed by atoms with Crippen molar-refractivity contribution < 1.29 is 9.59 Å². The molecule has 4 aromatic rings. The molecule has 9 nitrogen and oxygen atoms in total. The molecule has 0 aliphatic carbocycles. The summed E-state index contributed by atoms with van der Waals surface area (Å²) in [4.78, 5) is 56.7. The van der Waals surface area contributed by atoms with Gasteiger partial charge in [-0.15, -0.1) is 0 Å². The summed E-state index contributed by atoms with van der Waals surface area (Å²) in [5.41, 5.74) is 0.651. The lowest BCUT2D eigenvalue weighted by atomic mass is 10.1. The van der Waals surface area contributed by atoms with Crippen molar-refractivity contribution in [3.05, 3.63) is 99.2 Å². The largest absolute Gasteiger partial charge is 0.333 e. The number of anilines is 2. The average molecular weight is 512 g/mol. The van der Waals surface area contributed by atoms with Gasteiger partial charge in [0.25, 0.3) is 11.5 Å². The Morgan fingerprint density at radius 1 is 0.842 bits per heavy atom. The molecule has 1 aromatic heterocycles. The Morgan fingerprint density at radius 2 is 1.55 bits per heavy atom. The van der Waals surface area contributed by atoms with Crippen LogP contribution in [0.5, 0.6) is 0 Å². The van der Waals surface area contributed by atoms with E-state index in [1.165, 1.54) is 12.8 Å². The van der Waals surface area contributed by atoms with Crippen molar-refractivity contribution >= 4 is 34.1 Å². The summed E-state index contributed by atoms with van der Waals surface area (Å²) in [6.07, 6.45) is 3.68. The smallest absolute Gasteiger partial charge is 0.326 e. The Kier molecular flexibility index (Phi) is 7.46. The van der Waals surface area contributed by atoms with Crippen LogP contribution in [0.1, 0.15) is 36.0 Å². The number of H-pyrrole nitrogens is 1. The first-order valence-electron chi connectivity index (χ1n) is 12.8. The van der Waals surface area contributed by atoms with E-state index in [2.05, 4.69) is 20.5 Å². The number of aromatic amines is 1. The molecule has 1 fully saturated rings. The van der Waals surface area contributed by atoms with Gasteiger partial charge in [-0.25, -0.2) is 9.36 Å². The quantitative estimate of drug-likeness (QED) is 0.333. The molecule has 0 atom stereocenters. The third-order valence-electron chi connectivity index (χ3n) is 6.68. The van der Waals surface area contributed by atoms with Crippen LogP contribution in [0.2, 0.25) is 0 Å². The van der Waals surface area contributed by atoms with Gasteiger partial charge < -0.3 is 20.5 Å². The van der Waals surface area contributed by atoms with Gasteiger partial charge in [0, 0.05) is 17.8 Å². The molecule has 1 saturated heterocycles. The maximum atomic E-state index is 13.3. The molecule has 3 aromatic carbocycles. The highest BCUT2D eigenvalue weighted by Gasteiger charge is 2.17. The van der Waals surface area contributed by atoms with Gasteiger partial charge in [-0.3, -0.25) is 14.4 Å². The number of fused-ring (bicyclic) bond motifs is 1. The van der Waals surface area contributed by atoms with E-state index < -0.39 is 17.2 Å². The van der Waals surface area contributed by atoms with Crippen LogP contribution in [-0.4, -0.2) is 45.9 Å².